The molecule has 1 aromatic carbocycles. The molecule has 0 fully saturated rings. The van der Waals surface area contributed by atoms with E-state index < -0.39 is 5.60 Å². The SMILES string of the molecule is Cc1ccc(O)c(CNc2nc(NC(C)CC(C)(C)O)nc3c2ncn3C)c1. The lowest BCUT2D eigenvalue weighted by Gasteiger charge is -2.23. The van der Waals surface area contributed by atoms with E-state index in [0.29, 0.717) is 35.9 Å². The lowest BCUT2D eigenvalue weighted by atomic mass is 10.0. The van der Waals surface area contributed by atoms with Crippen molar-refractivity contribution >= 4 is 22.9 Å². The highest BCUT2D eigenvalue weighted by atomic mass is 16.3. The number of nitrogens with one attached hydrogen (secondary N) is 2. The molecule has 0 radical (unpaired) electrons. The second kappa shape index (κ2) is 7.63. The quantitative estimate of drug-likeness (QED) is 0.496. The standard InChI is InChI=1S/C20H28N6O2/c1-12-6-7-15(27)14(8-12)10-21-17-16-18(26(5)11-22-16)25-19(24-17)23-13(2)9-20(3,4)28/h6-8,11,13,27-28H,9-10H2,1-5H3,(H2,21,23,24,25). The third kappa shape index (κ3) is 4.69. The summed E-state index contributed by atoms with van der Waals surface area (Å²) in [4.78, 5) is 13.5. The number of anilines is 2. The normalized spacial score (nSPS) is 12.9. The first-order valence-electron chi connectivity index (χ1n) is 9.33. The Balaban J connectivity index is 1.87. The summed E-state index contributed by atoms with van der Waals surface area (Å²) >= 11 is 0. The van der Waals surface area contributed by atoms with E-state index in [1.807, 2.05) is 37.6 Å². The molecule has 3 aromatic rings. The number of phenolic OH excluding ortho intramolecular Hbond substituents is 1. The molecule has 0 saturated heterocycles. The third-order valence-electron chi connectivity index (χ3n) is 4.42. The van der Waals surface area contributed by atoms with Gasteiger partial charge in [0.15, 0.2) is 17.0 Å². The summed E-state index contributed by atoms with van der Waals surface area (Å²) in [5.74, 6) is 1.29. The molecule has 0 bridgehead atoms. The van der Waals surface area contributed by atoms with Crippen molar-refractivity contribution in [2.45, 2.75) is 52.3 Å². The van der Waals surface area contributed by atoms with Gasteiger partial charge < -0.3 is 25.4 Å². The monoisotopic (exact) mass is 384 g/mol. The average molecular weight is 384 g/mol. The maximum Gasteiger partial charge on any atom is 0.226 e. The molecular weight excluding hydrogens is 356 g/mol. The molecule has 1 unspecified atom stereocenters. The second-order valence-electron chi connectivity index (χ2n) is 7.97. The minimum absolute atomic E-state index is 0.0145. The predicted molar refractivity (Wildman–Crippen MR) is 110 cm³/mol. The fourth-order valence-electron chi connectivity index (χ4n) is 3.25. The summed E-state index contributed by atoms with van der Waals surface area (Å²) in [6, 6.07) is 5.48. The lowest BCUT2D eigenvalue weighted by Crippen LogP contribution is -2.29. The number of aliphatic hydroxyl groups is 1. The highest BCUT2D eigenvalue weighted by Gasteiger charge is 2.19. The van der Waals surface area contributed by atoms with Gasteiger partial charge in [0.05, 0.1) is 11.9 Å². The van der Waals surface area contributed by atoms with E-state index in [9.17, 15) is 10.2 Å². The number of nitrogens with zero attached hydrogens (tertiary/aromatic N) is 4. The molecule has 8 nitrogen and oxygen atoms in total. The second-order valence-corrected chi connectivity index (χ2v) is 7.97. The van der Waals surface area contributed by atoms with E-state index in [1.54, 1.807) is 26.2 Å². The Hall–Kier alpha value is -2.87. The first-order valence-corrected chi connectivity index (χ1v) is 9.33. The highest BCUT2D eigenvalue weighted by molar-refractivity contribution is 5.84. The molecule has 0 spiro atoms. The van der Waals surface area contributed by atoms with Crippen molar-refractivity contribution < 1.29 is 10.2 Å². The Morgan fingerprint density at radius 3 is 2.71 bits per heavy atom. The molecule has 4 N–H and O–H groups in total. The molecule has 2 heterocycles. The Bertz CT molecular complexity index is 977. The highest BCUT2D eigenvalue weighted by Crippen LogP contribution is 2.24. The van der Waals surface area contributed by atoms with Crippen molar-refractivity contribution in [3.8, 4) is 5.75 Å². The average Bonchev–Trinajstić information content (AvgIpc) is 2.95. The third-order valence-corrected chi connectivity index (χ3v) is 4.42. The number of aryl methyl sites for hydroxylation is 2. The Kier molecular flexibility index (Phi) is 5.42. The van der Waals surface area contributed by atoms with Crippen LogP contribution in [0.4, 0.5) is 11.8 Å². The minimum atomic E-state index is -0.785. The van der Waals surface area contributed by atoms with Gasteiger partial charge in [-0.3, -0.25) is 0 Å². The molecule has 0 saturated carbocycles. The summed E-state index contributed by atoms with van der Waals surface area (Å²) in [5.41, 5.74) is 2.43. The first-order chi connectivity index (χ1) is 13.1. The molecule has 1 atom stereocenters. The van der Waals surface area contributed by atoms with Gasteiger partial charge in [-0.05, 0) is 40.2 Å². The van der Waals surface area contributed by atoms with Crippen LogP contribution in [-0.4, -0.2) is 41.4 Å². The number of imidazole rings is 1. The maximum atomic E-state index is 10.1. The summed E-state index contributed by atoms with van der Waals surface area (Å²) < 4.78 is 1.83. The number of fused-ring (bicyclic) bond motifs is 1. The number of hydrogen-bond acceptors (Lipinski definition) is 7. The molecule has 28 heavy (non-hydrogen) atoms. The van der Waals surface area contributed by atoms with Gasteiger partial charge in [-0.2, -0.15) is 9.97 Å². The number of aromatic nitrogens is 4. The first kappa shape index (κ1) is 19.9. The summed E-state index contributed by atoms with van der Waals surface area (Å²) in [6.07, 6.45) is 2.25. The van der Waals surface area contributed by atoms with Crippen LogP contribution >= 0.6 is 0 Å². The summed E-state index contributed by atoms with van der Waals surface area (Å²) in [7, 11) is 1.88. The van der Waals surface area contributed by atoms with Crippen LogP contribution in [0.5, 0.6) is 5.75 Å². The fraction of sp³-hybridized carbons (Fsp3) is 0.450. The van der Waals surface area contributed by atoms with Gasteiger partial charge in [0.2, 0.25) is 5.95 Å². The van der Waals surface area contributed by atoms with E-state index in [-0.39, 0.29) is 11.8 Å². The van der Waals surface area contributed by atoms with Gasteiger partial charge in [-0.1, -0.05) is 17.7 Å². The van der Waals surface area contributed by atoms with E-state index in [4.69, 9.17) is 0 Å². The summed E-state index contributed by atoms with van der Waals surface area (Å²) in [6.45, 7) is 7.92. The van der Waals surface area contributed by atoms with Gasteiger partial charge in [-0.15, -0.1) is 0 Å². The zero-order chi connectivity index (χ0) is 20.5. The number of benzene rings is 1. The van der Waals surface area contributed by atoms with Crippen LogP contribution < -0.4 is 10.6 Å². The van der Waals surface area contributed by atoms with Crippen molar-refractivity contribution in [3.05, 3.63) is 35.7 Å². The van der Waals surface area contributed by atoms with Crippen LogP contribution in [0.15, 0.2) is 24.5 Å². The van der Waals surface area contributed by atoms with Gasteiger partial charge in [0, 0.05) is 25.2 Å². The van der Waals surface area contributed by atoms with Crippen LogP contribution in [0.1, 0.15) is 38.3 Å². The zero-order valence-electron chi connectivity index (χ0n) is 17.0. The molecule has 3 rings (SSSR count). The van der Waals surface area contributed by atoms with Crippen LogP contribution in [0.3, 0.4) is 0 Å². The van der Waals surface area contributed by atoms with E-state index >= 15 is 0 Å². The minimum Gasteiger partial charge on any atom is -0.508 e. The van der Waals surface area contributed by atoms with Gasteiger partial charge >= 0.3 is 0 Å². The van der Waals surface area contributed by atoms with Gasteiger partial charge in [0.25, 0.3) is 0 Å². The molecule has 0 amide bonds. The molecule has 8 heteroatoms. The number of rotatable bonds is 7. The largest absolute Gasteiger partial charge is 0.508 e. The van der Waals surface area contributed by atoms with Gasteiger partial charge in [0.1, 0.15) is 5.75 Å². The summed E-state index contributed by atoms with van der Waals surface area (Å²) in [5, 5.41) is 26.6. The molecule has 150 valence electrons. The van der Waals surface area contributed by atoms with Gasteiger partial charge in [-0.25, -0.2) is 4.98 Å². The van der Waals surface area contributed by atoms with Crippen LogP contribution in [0.25, 0.3) is 11.2 Å². The van der Waals surface area contributed by atoms with Crippen molar-refractivity contribution in [3.63, 3.8) is 0 Å². The van der Waals surface area contributed by atoms with Crippen LogP contribution in [0, 0.1) is 6.92 Å². The molecule has 0 aliphatic heterocycles. The topological polar surface area (TPSA) is 108 Å². The zero-order valence-corrected chi connectivity index (χ0v) is 17.0. The van der Waals surface area contributed by atoms with Crippen molar-refractivity contribution in [1.82, 2.24) is 19.5 Å². The molecular formula is C20H28N6O2. The van der Waals surface area contributed by atoms with E-state index in [1.165, 1.54) is 0 Å². The lowest BCUT2D eigenvalue weighted by molar-refractivity contribution is 0.0672. The van der Waals surface area contributed by atoms with E-state index in [0.717, 1.165) is 11.1 Å². The number of hydrogen-bond donors (Lipinski definition) is 4. The van der Waals surface area contributed by atoms with Crippen molar-refractivity contribution in [2.75, 3.05) is 10.6 Å². The number of aromatic hydroxyl groups is 1. The Labute approximate surface area is 164 Å². The Morgan fingerprint density at radius 1 is 1.25 bits per heavy atom. The predicted octanol–water partition coefficient (Wildman–Crippen LogP) is 2.95. The molecule has 0 aliphatic carbocycles. The van der Waals surface area contributed by atoms with Crippen molar-refractivity contribution in [1.29, 1.82) is 0 Å². The Morgan fingerprint density at radius 2 is 2.00 bits per heavy atom. The molecule has 2 aromatic heterocycles. The number of phenols is 1. The smallest absolute Gasteiger partial charge is 0.226 e. The van der Waals surface area contributed by atoms with Crippen LogP contribution in [-0.2, 0) is 13.6 Å². The fourth-order valence-corrected chi connectivity index (χ4v) is 3.25. The van der Waals surface area contributed by atoms with Crippen LogP contribution in [0.2, 0.25) is 0 Å². The van der Waals surface area contributed by atoms with Crippen molar-refractivity contribution in [2.24, 2.45) is 7.05 Å². The maximum absolute atomic E-state index is 10.1. The van der Waals surface area contributed by atoms with E-state index in [2.05, 4.69) is 25.6 Å². The molecule has 0 aliphatic rings.